The van der Waals surface area contributed by atoms with Crippen LogP contribution in [0.1, 0.15) is 25.0 Å². The molecule has 0 aliphatic carbocycles. The van der Waals surface area contributed by atoms with Gasteiger partial charge in [0.2, 0.25) is 5.91 Å². The lowest BCUT2D eigenvalue weighted by Gasteiger charge is -2.19. The molecule has 4 heteroatoms. The smallest absolute Gasteiger partial charge is 0.238 e. The highest BCUT2D eigenvalue weighted by molar-refractivity contribution is 5.93. The molecular formula is C15H24N2O2. The molecule has 0 fully saturated rings. The first-order valence-electron chi connectivity index (χ1n) is 6.69. The maximum atomic E-state index is 12.0. The van der Waals surface area contributed by atoms with Gasteiger partial charge in [0.1, 0.15) is 5.75 Å². The predicted octanol–water partition coefficient (Wildman–Crippen LogP) is 2.59. The number of carbonyl (C=O) groups is 1. The van der Waals surface area contributed by atoms with Crippen LogP contribution >= 0.6 is 0 Å². The van der Waals surface area contributed by atoms with Gasteiger partial charge in [-0.2, -0.15) is 0 Å². The standard InChI is InChI=1S/C15H24N2O2/c1-6-17(7-2)10-14(18)16-15-11(3)8-13(19-5)9-12(15)4/h8-9H,6-7,10H2,1-5H3,(H,16,18). The van der Waals surface area contributed by atoms with Gasteiger partial charge in [-0.1, -0.05) is 13.8 Å². The van der Waals surface area contributed by atoms with Crippen molar-refractivity contribution in [3.05, 3.63) is 23.3 Å². The summed E-state index contributed by atoms with van der Waals surface area (Å²) >= 11 is 0. The molecule has 0 aromatic heterocycles. The van der Waals surface area contributed by atoms with E-state index < -0.39 is 0 Å². The van der Waals surface area contributed by atoms with E-state index in [1.807, 2.05) is 26.0 Å². The molecular weight excluding hydrogens is 240 g/mol. The van der Waals surface area contributed by atoms with Gasteiger partial charge in [-0.3, -0.25) is 9.69 Å². The molecule has 106 valence electrons. The van der Waals surface area contributed by atoms with Gasteiger partial charge in [-0.15, -0.1) is 0 Å². The fourth-order valence-corrected chi connectivity index (χ4v) is 2.07. The van der Waals surface area contributed by atoms with Crippen molar-refractivity contribution < 1.29 is 9.53 Å². The average Bonchev–Trinajstić information content (AvgIpc) is 2.39. The molecule has 0 unspecified atom stereocenters. The van der Waals surface area contributed by atoms with Gasteiger partial charge >= 0.3 is 0 Å². The molecule has 1 rings (SSSR count). The van der Waals surface area contributed by atoms with Crippen molar-refractivity contribution in [3.63, 3.8) is 0 Å². The van der Waals surface area contributed by atoms with E-state index in [0.717, 1.165) is 35.7 Å². The average molecular weight is 264 g/mol. The van der Waals surface area contributed by atoms with Gasteiger partial charge in [0.15, 0.2) is 0 Å². The summed E-state index contributed by atoms with van der Waals surface area (Å²) in [7, 11) is 1.65. The minimum Gasteiger partial charge on any atom is -0.497 e. The minimum atomic E-state index is 0.0278. The molecule has 0 saturated carbocycles. The molecule has 0 aliphatic heterocycles. The van der Waals surface area contributed by atoms with Crippen LogP contribution in [0.5, 0.6) is 5.75 Å². The third-order valence-electron chi connectivity index (χ3n) is 3.27. The molecule has 1 aromatic rings. The summed E-state index contributed by atoms with van der Waals surface area (Å²) < 4.78 is 5.21. The normalized spacial score (nSPS) is 10.6. The number of benzene rings is 1. The number of nitrogens with zero attached hydrogens (tertiary/aromatic N) is 1. The number of rotatable bonds is 6. The largest absolute Gasteiger partial charge is 0.497 e. The topological polar surface area (TPSA) is 41.6 Å². The number of carbonyl (C=O) groups excluding carboxylic acids is 1. The lowest BCUT2D eigenvalue weighted by atomic mass is 10.1. The first-order chi connectivity index (χ1) is 9.01. The van der Waals surface area contributed by atoms with Crippen LogP contribution in [0.4, 0.5) is 5.69 Å². The van der Waals surface area contributed by atoms with E-state index in [1.54, 1.807) is 7.11 Å². The quantitative estimate of drug-likeness (QED) is 0.858. The fourth-order valence-electron chi connectivity index (χ4n) is 2.07. The highest BCUT2D eigenvalue weighted by Crippen LogP contribution is 2.26. The Morgan fingerprint density at radius 3 is 2.16 bits per heavy atom. The van der Waals surface area contributed by atoms with E-state index in [9.17, 15) is 4.79 Å². The second kappa shape index (κ2) is 7.14. The van der Waals surface area contributed by atoms with Crippen molar-refractivity contribution in [2.24, 2.45) is 0 Å². The van der Waals surface area contributed by atoms with E-state index in [-0.39, 0.29) is 5.91 Å². The molecule has 4 nitrogen and oxygen atoms in total. The Labute approximate surface area is 115 Å². The maximum absolute atomic E-state index is 12.0. The number of likely N-dealkylation sites (N-methyl/N-ethyl adjacent to an activating group) is 1. The first-order valence-corrected chi connectivity index (χ1v) is 6.69. The fraction of sp³-hybridized carbons (Fsp3) is 0.533. The van der Waals surface area contributed by atoms with Crippen LogP contribution in [-0.2, 0) is 4.79 Å². The van der Waals surface area contributed by atoms with Gasteiger partial charge in [0, 0.05) is 5.69 Å². The molecule has 1 aromatic carbocycles. The molecule has 0 bridgehead atoms. The molecule has 19 heavy (non-hydrogen) atoms. The summed E-state index contributed by atoms with van der Waals surface area (Å²) in [5.41, 5.74) is 2.92. The van der Waals surface area contributed by atoms with Crippen molar-refractivity contribution in [3.8, 4) is 5.75 Å². The number of nitrogens with one attached hydrogen (secondary N) is 1. The van der Waals surface area contributed by atoms with E-state index in [2.05, 4.69) is 24.1 Å². The lowest BCUT2D eigenvalue weighted by molar-refractivity contribution is -0.117. The SMILES string of the molecule is CCN(CC)CC(=O)Nc1c(C)cc(OC)cc1C. The Hall–Kier alpha value is -1.55. The van der Waals surface area contributed by atoms with Gasteiger partial charge in [-0.05, 0) is 50.2 Å². The molecule has 1 N–H and O–H groups in total. The predicted molar refractivity (Wildman–Crippen MR) is 78.9 cm³/mol. The van der Waals surface area contributed by atoms with Gasteiger partial charge in [-0.25, -0.2) is 0 Å². The molecule has 0 radical (unpaired) electrons. The Bertz CT molecular complexity index is 417. The van der Waals surface area contributed by atoms with Crippen LogP contribution in [0.2, 0.25) is 0 Å². The summed E-state index contributed by atoms with van der Waals surface area (Å²) in [6, 6.07) is 3.86. The van der Waals surface area contributed by atoms with E-state index in [4.69, 9.17) is 4.74 Å². The van der Waals surface area contributed by atoms with Crippen LogP contribution in [0, 0.1) is 13.8 Å². The molecule has 0 atom stereocenters. The molecule has 0 saturated heterocycles. The van der Waals surface area contributed by atoms with Crippen molar-refractivity contribution in [1.29, 1.82) is 0 Å². The third-order valence-corrected chi connectivity index (χ3v) is 3.27. The van der Waals surface area contributed by atoms with Crippen LogP contribution in [-0.4, -0.2) is 37.6 Å². The van der Waals surface area contributed by atoms with Crippen LogP contribution in [0.25, 0.3) is 0 Å². The second-order valence-electron chi connectivity index (χ2n) is 4.65. The number of amides is 1. The lowest BCUT2D eigenvalue weighted by Crippen LogP contribution is -2.33. The van der Waals surface area contributed by atoms with E-state index in [0.29, 0.717) is 6.54 Å². The van der Waals surface area contributed by atoms with Crippen LogP contribution < -0.4 is 10.1 Å². The minimum absolute atomic E-state index is 0.0278. The Kier molecular flexibility index (Phi) is 5.83. The maximum Gasteiger partial charge on any atom is 0.238 e. The zero-order valence-corrected chi connectivity index (χ0v) is 12.5. The summed E-state index contributed by atoms with van der Waals surface area (Å²) in [6.45, 7) is 10.2. The van der Waals surface area contributed by atoms with Crippen molar-refractivity contribution in [2.75, 3.05) is 32.1 Å². The summed E-state index contributed by atoms with van der Waals surface area (Å²) in [5, 5.41) is 2.99. The summed E-state index contributed by atoms with van der Waals surface area (Å²) in [6.07, 6.45) is 0. The van der Waals surface area contributed by atoms with Crippen molar-refractivity contribution >= 4 is 11.6 Å². The Morgan fingerprint density at radius 2 is 1.74 bits per heavy atom. The van der Waals surface area contributed by atoms with Crippen molar-refractivity contribution in [1.82, 2.24) is 4.90 Å². The van der Waals surface area contributed by atoms with Crippen molar-refractivity contribution in [2.45, 2.75) is 27.7 Å². The Balaban J connectivity index is 2.79. The summed E-state index contributed by atoms with van der Waals surface area (Å²) in [5.74, 6) is 0.844. The summed E-state index contributed by atoms with van der Waals surface area (Å²) in [4.78, 5) is 14.1. The molecule has 1 amide bonds. The number of hydrogen-bond acceptors (Lipinski definition) is 3. The van der Waals surface area contributed by atoms with Gasteiger partial charge in [0.25, 0.3) is 0 Å². The monoisotopic (exact) mass is 264 g/mol. The van der Waals surface area contributed by atoms with E-state index in [1.165, 1.54) is 0 Å². The van der Waals surface area contributed by atoms with Crippen LogP contribution in [0.15, 0.2) is 12.1 Å². The number of ether oxygens (including phenoxy) is 1. The highest BCUT2D eigenvalue weighted by atomic mass is 16.5. The second-order valence-corrected chi connectivity index (χ2v) is 4.65. The van der Waals surface area contributed by atoms with E-state index >= 15 is 0 Å². The Morgan fingerprint density at radius 1 is 1.21 bits per heavy atom. The highest BCUT2D eigenvalue weighted by Gasteiger charge is 2.11. The number of aryl methyl sites for hydroxylation is 2. The molecule has 0 spiro atoms. The zero-order valence-electron chi connectivity index (χ0n) is 12.5. The van der Waals surface area contributed by atoms with Crippen LogP contribution in [0.3, 0.4) is 0 Å². The van der Waals surface area contributed by atoms with Gasteiger partial charge < -0.3 is 10.1 Å². The third kappa shape index (κ3) is 4.24. The molecule has 0 aliphatic rings. The first kappa shape index (κ1) is 15.5. The number of anilines is 1. The molecule has 0 heterocycles. The van der Waals surface area contributed by atoms with Gasteiger partial charge in [0.05, 0.1) is 13.7 Å². The zero-order chi connectivity index (χ0) is 14.4. The number of hydrogen-bond donors (Lipinski definition) is 1. The number of methoxy groups -OCH3 is 1.